The number of aromatic nitrogens is 1. The van der Waals surface area contributed by atoms with Crippen LogP contribution in [0.5, 0.6) is 0 Å². The predicted octanol–water partition coefficient (Wildman–Crippen LogP) is 3.23. The van der Waals surface area contributed by atoms with Crippen molar-refractivity contribution in [2.45, 2.75) is 46.1 Å². The first-order valence-corrected chi connectivity index (χ1v) is 8.37. The lowest BCUT2D eigenvalue weighted by molar-refractivity contribution is -0.118. The molecule has 1 fully saturated rings. The van der Waals surface area contributed by atoms with Crippen molar-refractivity contribution in [2.75, 3.05) is 18.4 Å². The Kier molecular flexibility index (Phi) is 5.54. The minimum atomic E-state index is 0.0557. The number of amides is 1. The fourth-order valence-corrected chi connectivity index (χ4v) is 3.46. The van der Waals surface area contributed by atoms with Crippen molar-refractivity contribution in [2.24, 2.45) is 11.8 Å². The monoisotopic (exact) mass is 295 g/mol. The van der Waals surface area contributed by atoms with E-state index < -0.39 is 0 Å². The highest BCUT2D eigenvalue weighted by Gasteiger charge is 2.27. The minimum Gasteiger partial charge on any atom is -0.301 e. The zero-order chi connectivity index (χ0) is 14.5. The van der Waals surface area contributed by atoms with Gasteiger partial charge in [-0.15, -0.1) is 11.3 Å². The van der Waals surface area contributed by atoms with Crippen molar-refractivity contribution in [1.82, 2.24) is 9.88 Å². The highest BCUT2D eigenvalue weighted by molar-refractivity contribution is 7.13. The molecule has 4 nitrogen and oxygen atoms in total. The molecule has 0 aliphatic carbocycles. The van der Waals surface area contributed by atoms with E-state index in [0.717, 1.165) is 12.5 Å². The standard InChI is InChI=1S/C15H25N3OS/c1-11(2)13-5-4-12(3)6-8-18(13)10-14(19)17-15-16-7-9-20-15/h7,9,11-13H,4-6,8,10H2,1-3H3,(H,16,17,19). The number of thiazole rings is 1. The van der Waals surface area contributed by atoms with Gasteiger partial charge >= 0.3 is 0 Å². The summed E-state index contributed by atoms with van der Waals surface area (Å²) in [6.07, 6.45) is 5.37. The van der Waals surface area contributed by atoms with Crippen molar-refractivity contribution in [3.05, 3.63) is 11.6 Å². The van der Waals surface area contributed by atoms with Gasteiger partial charge in [0.05, 0.1) is 6.54 Å². The number of nitrogens with one attached hydrogen (secondary N) is 1. The molecular weight excluding hydrogens is 270 g/mol. The second-order valence-corrected chi connectivity index (χ2v) is 7.03. The van der Waals surface area contributed by atoms with E-state index in [2.05, 4.69) is 36.0 Å². The summed E-state index contributed by atoms with van der Waals surface area (Å²) in [5.41, 5.74) is 0. The lowest BCUT2D eigenvalue weighted by Gasteiger charge is -2.32. The maximum absolute atomic E-state index is 12.2. The van der Waals surface area contributed by atoms with Gasteiger partial charge in [-0.1, -0.05) is 20.8 Å². The summed E-state index contributed by atoms with van der Waals surface area (Å²) in [5, 5.41) is 5.46. The van der Waals surface area contributed by atoms with Gasteiger partial charge in [-0.3, -0.25) is 9.69 Å². The Hall–Kier alpha value is -0.940. The number of likely N-dealkylation sites (tertiary alicyclic amines) is 1. The van der Waals surface area contributed by atoms with Crippen LogP contribution in [0, 0.1) is 11.8 Å². The zero-order valence-corrected chi connectivity index (χ0v) is 13.4. The van der Waals surface area contributed by atoms with Gasteiger partial charge < -0.3 is 5.32 Å². The molecular formula is C15H25N3OS. The minimum absolute atomic E-state index is 0.0557. The van der Waals surface area contributed by atoms with Gasteiger partial charge in [-0.2, -0.15) is 0 Å². The summed E-state index contributed by atoms with van der Waals surface area (Å²) in [7, 11) is 0. The molecule has 0 spiro atoms. The molecule has 0 aromatic carbocycles. The molecule has 2 rings (SSSR count). The number of nitrogens with zero attached hydrogens (tertiary/aromatic N) is 2. The molecule has 1 aromatic heterocycles. The van der Waals surface area contributed by atoms with E-state index in [1.807, 2.05) is 5.38 Å². The fraction of sp³-hybridized carbons (Fsp3) is 0.733. The summed E-state index contributed by atoms with van der Waals surface area (Å²) in [4.78, 5) is 18.6. The normalized spacial score (nSPS) is 24.6. The van der Waals surface area contributed by atoms with Crippen molar-refractivity contribution >= 4 is 22.4 Å². The predicted molar refractivity (Wildman–Crippen MR) is 84.0 cm³/mol. The number of hydrogen-bond donors (Lipinski definition) is 1. The summed E-state index contributed by atoms with van der Waals surface area (Å²) >= 11 is 1.46. The van der Waals surface area contributed by atoms with Gasteiger partial charge in [0.25, 0.3) is 0 Å². The third-order valence-corrected chi connectivity index (χ3v) is 4.82. The quantitative estimate of drug-likeness (QED) is 0.927. The number of anilines is 1. The van der Waals surface area contributed by atoms with E-state index in [1.165, 1.54) is 30.6 Å². The van der Waals surface area contributed by atoms with Gasteiger partial charge in [-0.05, 0) is 37.6 Å². The topological polar surface area (TPSA) is 45.2 Å². The van der Waals surface area contributed by atoms with Crippen LogP contribution in [-0.4, -0.2) is 34.9 Å². The van der Waals surface area contributed by atoms with Gasteiger partial charge in [0.2, 0.25) is 5.91 Å². The Labute approximate surface area is 125 Å². The van der Waals surface area contributed by atoms with E-state index in [0.29, 0.717) is 23.6 Å². The molecule has 20 heavy (non-hydrogen) atoms. The maximum atomic E-state index is 12.2. The lowest BCUT2D eigenvalue weighted by Crippen LogP contribution is -2.43. The third kappa shape index (κ3) is 4.28. The fourth-order valence-electron chi connectivity index (χ4n) is 2.91. The Morgan fingerprint density at radius 3 is 2.95 bits per heavy atom. The molecule has 1 aliphatic heterocycles. The molecule has 1 N–H and O–H groups in total. The number of carbonyl (C=O) groups excluding carboxylic acids is 1. The Bertz CT molecular complexity index is 419. The average Bonchev–Trinajstić information content (AvgIpc) is 2.81. The molecule has 5 heteroatoms. The molecule has 0 bridgehead atoms. The van der Waals surface area contributed by atoms with Crippen LogP contribution in [0.3, 0.4) is 0 Å². The van der Waals surface area contributed by atoms with E-state index in [-0.39, 0.29) is 5.91 Å². The van der Waals surface area contributed by atoms with Crippen molar-refractivity contribution in [3.63, 3.8) is 0 Å². The first kappa shape index (κ1) is 15.4. The molecule has 1 amide bonds. The van der Waals surface area contributed by atoms with Gasteiger partial charge in [0.15, 0.2) is 5.13 Å². The second kappa shape index (κ2) is 7.18. The summed E-state index contributed by atoms with van der Waals surface area (Å²) in [6, 6.07) is 0.516. The molecule has 112 valence electrons. The molecule has 0 saturated carbocycles. The third-order valence-electron chi connectivity index (χ3n) is 4.13. The van der Waals surface area contributed by atoms with E-state index in [1.54, 1.807) is 6.20 Å². The van der Waals surface area contributed by atoms with E-state index >= 15 is 0 Å². The molecule has 1 saturated heterocycles. The summed E-state index contributed by atoms with van der Waals surface area (Å²) in [5.74, 6) is 1.41. The lowest BCUT2D eigenvalue weighted by atomic mass is 9.95. The molecule has 0 radical (unpaired) electrons. The summed E-state index contributed by atoms with van der Waals surface area (Å²) in [6.45, 7) is 8.33. The van der Waals surface area contributed by atoms with Crippen LogP contribution in [0.25, 0.3) is 0 Å². The smallest absolute Gasteiger partial charge is 0.240 e. The highest BCUT2D eigenvalue weighted by atomic mass is 32.1. The SMILES string of the molecule is CC1CCC(C(C)C)N(CC(=O)Nc2nccs2)CC1. The van der Waals surface area contributed by atoms with Crippen molar-refractivity contribution in [3.8, 4) is 0 Å². The van der Waals surface area contributed by atoms with E-state index in [4.69, 9.17) is 0 Å². The van der Waals surface area contributed by atoms with Gasteiger partial charge in [0, 0.05) is 17.6 Å². The van der Waals surface area contributed by atoms with Gasteiger partial charge in [-0.25, -0.2) is 4.98 Å². The molecule has 2 heterocycles. The first-order valence-electron chi connectivity index (χ1n) is 7.49. The van der Waals surface area contributed by atoms with Gasteiger partial charge in [0.1, 0.15) is 0 Å². The van der Waals surface area contributed by atoms with E-state index in [9.17, 15) is 4.79 Å². The molecule has 2 unspecified atom stereocenters. The molecule has 1 aliphatic rings. The number of rotatable bonds is 4. The zero-order valence-electron chi connectivity index (χ0n) is 12.6. The maximum Gasteiger partial charge on any atom is 0.240 e. The first-order chi connectivity index (χ1) is 9.56. The van der Waals surface area contributed by atoms with Crippen LogP contribution in [0.15, 0.2) is 11.6 Å². The van der Waals surface area contributed by atoms with Crippen LogP contribution in [0.1, 0.15) is 40.0 Å². The highest BCUT2D eigenvalue weighted by Crippen LogP contribution is 2.25. The second-order valence-electron chi connectivity index (χ2n) is 6.14. The van der Waals surface area contributed by atoms with Crippen molar-refractivity contribution < 1.29 is 4.79 Å². The Morgan fingerprint density at radius 2 is 2.30 bits per heavy atom. The van der Waals surface area contributed by atoms with Crippen LogP contribution in [0.2, 0.25) is 0 Å². The Morgan fingerprint density at radius 1 is 1.50 bits per heavy atom. The number of carbonyl (C=O) groups is 1. The summed E-state index contributed by atoms with van der Waals surface area (Å²) < 4.78 is 0. The van der Waals surface area contributed by atoms with Crippen molar-refractivity contribution in [1.29, 1.82) is 0 Å². The van der Waals surface area contributed by atoms with Crippen LogP contribution in [0.4, 0.5) is 5.13 Å². The van der Waals surface area contributed by atoms with Crippen LogP contribution < -0.4 is 5.32 Å². The van der Waals surface area contributed by atoms with Crippen LogP contribution >= 0.6 is 11.3 Å². The molecule has 1 aromatic rings. The van der Waals surface area contributed by atoms with Crippen LogP contribution in [-0.2, 0) is 4.79 Å². The number of hydrogen-bond acceptors (Lipinski definition) is 4. The average molecular weight is 295 g/mol. The molecule has 2 atom stereocenters. The Balaban J connectivity index is 1.95. The largest absolute Gasteiger partial charge is 0.301 e.